The average Bonchev–Trinajstić information content (AvgIpc) is 3.33. The molecule has 2 aromatic heterocycles. The van der Waals surface area contributed by atoms with Crippen LogP contribution in [0.2, 0.25) is 0 Å². The van der Waals surface area contributed by atoms with Crippen LogP contribution in [0.5, 0.6) is 5.75 Å². The standard InChI is InChI=1S/C17H20N6O3S/c1-25-13-6-4-12(5-7-13)19-10-15-21-22-17(23(15)18)27-11-16(24)20-9-14-3-2-8-26-14/h2-8,19H,9-11,18H2,1H3,(H,20,24). The van der Waals surface area contributed by atoms with Crippen molar-refractivity contribution in [2.45, 2.75) is 18.2 Å². The highest BCUT2D eigenvalue weighted by atomic mass is 32.2. The van der Waals surface area contributed by atoms with E-state index in [1.807, 2.05) is 24.3 Å². The average molecular weight is 388 g/mol. The van der Waals surface area contributed by atoms with Crippen molar-refractivity contribution in [3.05, 3.63) is 54.2 Å². The fourth-order valence-corrected chi connectivity index (χ4v) is 2.90. The summed E-state index contributed by atoms with van der Waals surface area (Å²) in [5, 5.41) is 14.5. The summed E-state index contributed by atoms with van der Waals surface area (Å²) in [7, 11) is 1.62. The van der Waals surface area contributed by atoms with Crippen molar-refractivity contribution in [3.8, 4) is 5.75 Å². The minimum absolute atomic E-state index is 0.141. The molecule has 0 spiro atoms. The van der Waals surface area contributed by atoms with Crippen molar-refractivity contribution in [1.82, 2.24) is 20.2 Å². The molecule has 4 N–H and O–H groups in total. The molecule has 0 aliphatic rings. The molecule has 2 heterocycles. The maximum atomic E-state index is 11.9. The molecule has 0 aliphatic heterocycles. The predicted molar refractivity (Wildman–Crippen MR) is 102 cm³/mol. The van der Waals surface area contributed by atoms with E-state index < -0.39 is 0 Å². The Morgan fingerprint density at radius 1 is 1.26 bits per heavy atom. The van der Waals surface area contributed by atoms with E-state index in [0.717, 1.165) is 11.4 Å². The number of hydrogen-bond acceptors (Lipinski definition) is 8. The van der Waals surface area contributed by atoms with Gasteiger partial charge >= 0.3 is 0 Å². The Balaban J connectivity index is 1.46. The van der Waals surface area contributed by atoms with E-state index in [0.29, 0.717) is 29.8 Å². The topological polar surface area (TPSA) is 120 Å². The first-order chi connectivity index (χ1) is 13.2. The van der Waals surface area contributed by atoms with Crippen molar-refractivity contribution < 1.29 is 13.9 Å². The zero-order valence-electron chi connectivity index (χ0n) is 14.7. The molecule has 27 heavy (non-hydrogen) atoms. The Bertz CT molecular complexity index is 863. The van der Waals surface area contributed by atoms with Crippen molar-refractivity contribution in [2.24, 2.45) is 0 Å². The highest BCUT2D eigenvalue weighted by Gasteiger charge is 2.12. The first-order valence-electron chi connectivity index (χ1n) is 8.15. The monoisotopic (exact) mass is 388 g/mol. The molecule has 0 fully saturated rings. The van der Waals surface area contributed by atoms with Crippen LogP contribution in [-0.4, -0.2) is 33.6 Å². The summed E-state index contributed by atoms with van der Waals surface area (Å²) in [4.78, 5) is 11.9. The number of nitrogens with zero attached hydrogens (tertiary/aromatic N) is 3. The molecule has 142 valence electrons. The largest absolute Gasteiger partial charge is 0.497 e. The molecule has 1 amide bonds. The number of nitrogens with two attached hydrogens (primary N) is 1. The van der Waals surface area contributed by atoms with Gasteiger partial charge in [0.05, 0.1) is 32.2 Å². The van der Waals surface area contributed by atoms with Gasteiger partial charge in [0.2, 0.25) is 11.1 Å². The van der Waals surface area contributed by atoms with Crippen LogP contribution >= 0.6 is 11.8 Å². The van der Waals surface area contributed by atoms with Crippen LogP contribution in [0.1, 0.15) is 11.6 Å². The number of rotatable bonds is 9. The number of anilines is 1. The van der Waals surface area contributed by atoms with Crippen LogP contribution in [0.3, 0.4) is 0 Å². The van der Waals surface area contributed by atoms with Crippen LogP contribution in [0.25, 0.3) is 0 Å². The highest BCUT2D eigenvalue weighted by Crippen LogP contribution is 2.17. The lowest BCUT2D eigenvalue weighted by Crippen LogP contribution is -2.25. The molecule has 0 bridgehead atoms. The van der Waals surface area contributed by atoms with Crippen molar-refractivity contribution in [3.63, 3.8) is 0 Å². The number of nitrogens with one attached hydrogen (secondary N) is 2. The Kier molecular flexibility index (Phi) is 6.21. The number of aromatic nitrogens is 3. The van der Waals surface area contributed by atoms with Gasteiger partial charge in [0, 0.05) is 5.69 Å². The number of ether oxygens (including phenoxy) is 1. The van der Waals surface area contributed by atoms with Gasteiger partial charge in [-0.05, 0) is 36.4 Å². The van der Waals surface area contributed by atoms with Gasteiger partial charge in [-0.2, -0.15) is 0 Å². The van der Waals surface area contributed by atoms with Gasteiger partial charge in [-0.25, -0.2) is 4.68 Å². The van der Waals surface area contributed by atoms with Crippen LogP contribution in [-0.2, 0) is 17.9 Å². The maximum Gasteiger partial charge on any atom is 0.230 e. The summed E-state index contributed by atoms with van der Waals surface area (Å²) in [6, 6.07) is 11.1. The zero-order chi connectivity index (χ0) is 19.1. The third-order valence-corrected chi connectivity index (χ3v) is 4.59. The fourth-order valence-electron chi connectivity index (χ4n) is 2.20. The Morgan fingerprint density at radius 3 is 2.78 bits per heavy atom. The maximum absolute atomic E-state index is 11.9. The number of carbonyl (C=O) groups excluding carboxylic acids is 1. The molecule has 0 radical (unpaired) electrons. The van der Waals surface area contributed by atoms with Crippen LogP contribution in [0.4, 0.5) is 5.69 Å². The summed E-state index contributed by atoms with van der Waals surface area (Å²) >= 11 is 1.22. The normalized spacial score (nSPS) is 10.6. The molecule has 3 rings (SSSR count). The Labute approximate surface area is 160 Å². The summed E-state index contributed by atoms with van der Waals surface area (Å²) in [5.74, 6) is 8.10. The number of methoxy groups -OCH3 is 1. The second kappa shape index (κ2) is 8.99. The third kappa shape index (κ3) is 5.17. The van der Waals surface area contributed by atoms with E-state index in [9.17, 15) is 4.79 Å². The van der Waals surface area contributed by atoms with Crippen molar-refractivity contribution >= 4 is 23.4 Å². The first kappa shape index (κ1) is 18.6. The number of benzene rings is 1. The van der Waals surface area contributed by atoms with E-state index in [1.165, 1.54) is 16.4 Å². The molecule has 10 heteroatoms. The first-order valence-corrected chi connectivity index (χ1v) is 9.13. The van der Waals surface area contributed by atoms with Crippen LogP contribution < -0.4 is 21.2 Å². The Hall–Kier alpha value is -3.14. The minimum Gasteiger partial charge on any atom is -0.497 e. The molecule has 3 aromatic rings. The number of nitrogen functional groups attached to an aromatic ring is 1. The molecular weight excluding hydrogens is 368 g/mol. The molecule has 1 aromatic carbocycles. The van der Waals surface area contributed by atoms with E-state index in [1.54, 1.807) is 25.5 Å². The smallest absolute Gasteiger partial charge is 0.230 e. The summed E-state index contributed by atoms with van der Waals surface area (Å²) < 4.78 is 11.7. The number of furan rings is 1. The lowest BCUT2D eigenvalue weighted by molar-refractivity contribution is -0.118. The van der Waals surface area contributed by atoms with Crippen molar-refractivity contribution in [1.29, 1.82) is 0 Å². The molecular formula is C17H20N6O3S. The third-order valence-electron chi connectivity index (χ3n) is 3.65. The van der Waals surface area contributed by atoms with Gasteiger partial charge in [-0.15, -0.1) is 10.2 Å². The minimum atomic E-state index is -0.141. The van der Waals surface area contributed by atoms with Crippen molar-refractivity contribution in [2.75, 3.05) is 24.0 Å². The van der Waals surface area contributed by atoms with E-state index in [4.69, 9.17) is 15.0 Å². The quantitative estimate of drug-likeness (QED) is 0.374. The fraction of sp³-hybridized carbons (Fsp3) is 0.235. The second-order valence-electron chi connectivity index (χ2n) is 5.50. The summed E-state index contributed by atoms with van der Waals surface area (Å²) in [5.41, 5.74) is 0.908. The zero-order valence-corrected chi connectivity index (χ0v) is 15.5. The van der Waals surface area contributed by atoms with E-state index >= 15 is 0 Å². The summed E-state index contributed by atoms with van der Waals surface area (Å²) in [6.45, 7) is 0.750. The second-order valence-corrected chi connectivity index (χ2v) is 6.44. The predicted octanol–water partition coefficient (Wildman–Crippen LogP) is 1.61. The number of amides is 1. The lowest BCUT2D eigenvalue weighted by atomic mass is 10.3. The molecule has 0 unspecified atom stereocenters. The van der Waals surface area contributed by atoms with Gasteiger partial charge in [-0.1, -0.05) is 11.8 Å². The van der Waals surface area contributed by atoms with Gasteiger partial charge in [0.1, 0.15) is 11.5 Å². The van der Waals surface area contributed by atoms with Crippen LogP contribution in [0.15, 0.2) is 52.2 Å². The molecule has 0 atom stereocenters. The van der Waals surface area contributed by atoms with Gasteiger partial charge in [0.15, 0.2) is 5.82 Å². The molecule has 0 saturated heterocycles. The van der Waals surface area contributed by atoms with E-state index in [2.05, 4.69) is 20.8 Å². The molecule has 0 saturated carbocycles. The van der Waals surface area contributed by atoms with Crippen LogP contribution in [0, 0.1) is 0 Å². The molecule has 0 aliphatic carbocycles. The number of hydrogen-bond donors (Lipinski definition) is 3. The SMILES string of the molecule is COc1ccc(NCc2nnc(SCC(=O)NCc3ccco3)n2N)cc1. The Morgan fingerprint density at radius 2 is 2.07 bits per heavy atom. The molecule has 9 nitrogen and oxygen atoms in total. The number of thioether (sulfide) groups is 1. The van der Waals surface area contributed by atoms with E-state index in [-0.39, 0.29) is 11.7 Å². The lowest BCUT2D eigenvalue weighted by Gasteiger charge is -2.07. The van der Waals surface area contributed by atoms with Gasteiger partial charge < -0.3 is 25.6 Å². The van der Waals surface area contributed by atoms with Gasteiger partial charge in [0.25, 0.3) is 0 Å². The number of carbonyl (C=O) groups is 1. The highest BCUT2D eigenvalue weighted by molar-refractivity contribution is 7.99. The van der Waals surface area contributed by atoms with Gasteiger partial charge in [-0.3, -0.25) is 4.79 Å². The summed E-state index contributed by atoms with van der Waals surface area (Å²) in [6.07, 6.45) is 1.56.